The van der Waals surface area contributed by atoms with Crippen molar-refractivity contribution in [3.63, 3.8) is 0 Å². The van der Waals surface area contributed by atoms with Crippen molar-refractivity contribution in [3.8, 4) is 0 Å². The van der Waals surface area contributed by atoms with Gasteiger partial charge in [0.2, 0.25) is 0 Å². The molecule has 0 amide bonds. The number of carboxylic acid groups (broad SMARTS) is 2. The zero-order valence-electron chi connectivity index (χ0n) is 9.20. The van der Waals surface area contributed by atoms with Crippen LogP contribution in [0.2, 0.25) is 0 Å². The number of carbonyl (C=O) groups is 2. The van der Waals surface area contributed by atoms with E-state index in [0.29, 0.717) is 5.69 Å². The third kappa shape index (κ3) is 2.08. The van der Waals surface area contributed by atoms with Crippen LogP contribution in [0.5, 0.6) is 0 Å². The van der Waals surface area contributed by atoms with E-state index in [1.165, 1.54) is 18.6 Å². The van der Waals surface area contributed by atoms with Crippen molar-refractivity contribution < 1.29 is 19.8 Å². The number of rotatable bonds is 3. The van der Waals surface area contributed by atoms with Crippen LogP contribution in [0, 0.1) is 0 Å². The minimum Gasteiger partial charge on any atom is -0.478 e. The SMILES string of the molecule is O=C(O)C1=CNC=C(C(=O)O)C1c1ccccn1. The van der Waals surface area contributed by atoms with Gasteiger partial charge in [-0.3, -0.25) is 4.98 Å². The van der Waals surface area contributed by atoms with E-state index in [4.69, 9.17) is 10.2 Å². The van der Waals surface area contributed by atoms with Crippen LogP contribution in [0.15, 0.2) is 47.9 Å². The number of nitrogens with one attached hydrogen (secondary N) is 1. The van der Waals surface area contributed by atoms with Gasteiger partial charge in [-0.15, -0.1) is 0 Å². The van der Waals surface area contributed by atoms with Crippen LogP contribution < -0.4 is 5.32 Å². The minimum atomic E-state index is -1.18. The molecular weight excluding hydrogens is 236 g/mol. The number of hydrogen-bond donors (Lipinski definition) is 3. The molecule has 0 radical (unpaired) electrons. The molecule has 6 nitrogen and oxygen atoms in total. The maximum Gasteiger partial charge on any atom is 0.334 e. The van der Waals surface area contributed by atoms with E-state index in [9.17, 15) is 9.59 Å². The lowest BCUT2D eigenvalue weighted by Gasteiger charge is -2.21. The molecule has 2 heterocycles. The molecule has 0 fully saturated rings. The Morgan fingerprint density at radius 3 is 2.17 bits per heavy atom. The van der Waals surface area contributed by atoms with Crippen LogP contribution in [-0.2, 0) is 9.59 Å². The molecule has 6 heteroatoms. The summed E-state index contributed by atoms with van der Waals surface area (Å²) >= 11 is 0. The van der Waals surface area contributed by atoms with Gasteiger partial charge < -0.3 is 15.5 Å². The number of dihydropyridines is 1. The number of hydrogen-bond acceptors (Lipinski definition) is 4. The fourth-order valence-corrected chi connectivity index (χ4v) is 1.79. The Morgan fingerprint density at radius 1 is 1.11 bits per heavy atom. The second-order valence-electron chi connectivity index (χ2n) is 3.66. The molecule has 0 unspecified atom stereocenters. The summed E-state index contributed by atoms with van der Waals surface area (Å²) in [5.41, 5.74) is 0.295. The Morgan fingerprint density at radius 2 is 1.72 bits per heavy atom. The first-order chi connectivity index (χ1) is 8.61. The third-order valence-electron chi connectivity index (χ3n) is 2.58. The molecule has 1 aliphatic heterocycles. The third-order valence-corrected chi connectivity index (χ3v) is 2.58. The predicted molar refractivity (Wildman–Crippen MR) is 61.6 cm³/mol. The van der Waals surface area contributed by atoms with Gasteiger partial charge >= 0.3 is 11.9 Å². The predicted octanol–water partition coefficient (Wildman–Crippen LogP) is 0.705. The minimum absolute atomic E-state index is 0.0476. The molecule has 0 bridgehead atoms. The summed E-state index contributed by atoms with van der Waals surface area (Å²) in [6.07, 6.45) is 4.04. The van der Waals surface area contributed by atoms with Gasteiger partial charge in [-0.2, -0.15) is 0 Å². The molecule has 0 aromatic carbocycles. The molecule has 1 aliphatic rings. The molecule has 92 valence electrons. The smallest absolute Gasteiger partial charge is 0.334 e. The lowest BCUT2D eigenvalue weighted by molar-refractivity contribution is -0.133. The van der Waals surface area contributed by atoms with Crippen LogP contribution in [0.3, 0.4) is 0 Å². The number of carboxylic acids is 2. The van der Waals surface area contributed by atoms with E-state index in [1.54, 1.807) is 18.2 Å². The van der Waals surface area contributed by atoms with Crippen molar-refractivity contribution in [1.82, 2.24) is 10.3 Å². The molecule has 0 aliphatic carbocycles. The monoisotopic (exact) mass is 246 g/mol. The topological polar surface area (TPSA) is 99.5 Å². The van der Waals surface area contributed by atoms with E-state index >= 15 is 0 Å². The normalized spacial score (nSPS) is 15.3. The first-order valence-corrected chi connectivity index (χ1v) is 5.15. The Labute approximate surface area is 102 Å². The van der Waals surface area contributed by atoms with Crippen LogP contribution in [0.4, 0.5) is 0 Å². The molecule has 0 spiro atoms. The van der Waals surface area contributed by atoms with Gasteiger partial charge in [0.25, 0.3) is 0 Å². The van der Waals surface area contributed by atoms with Gasteiger partial charge in [-0.1, -0.05) is 6.07 Å². The molecule has 0 saturated carbocycles. The Kier molecular flexibility index (Phi) is 3.09. The Bertz CT molecular complexity index is 518. The molecule has 2 rings (SSSR count). The quantitative estimate of drug-likeness (QED) is 0.726. The fraction of sp³-hybridized carbons (Fsp3) is 0.0833. The summed E-state index contributed by atoms with van der Waals surface area (Å²) in [6, 6.07) is 4.96. The summed E-state index contributed by atoms with van der Waals surface area (Å²) in [7, 11) is 0. The van der Waals surface area contributed by atoms with E-state index in [0.717, 1.165) is 0 Å². The Hall–Kier alpha value is -2.63. The molecule has 18 heavy (non-hydrogen) atoms. The zero-order chi connectivity index (χ0) is 13.1. The summed E-state index contributed by atoms with van der Waals surface area (Å²) in [6.45, 7) is 0. The van der Waals surface area contributed by atoms with E-state index in [-0.39, 0.29) is 11.1 Å². The highest BCUT2D eigenvalue weighted by molar-refractivity contribution is 5.96. The lowest BCUT2D eigenvalue weighted by atomic mass is 9.87. The summed E-state index contributed by atoms with van der Waals surface area (Å²) < 4.78 is 0. The van der Waals surface area contributed by atoms with Crippen LogP contribution in [0.1, 0.15) is 11.6 Å². The van der Waals surface area contributed by atoms with Gasteiger partial charge in [-0.05, 0) is 12.1 Å². The average molecular weight is 246 g/mol. The Balaban J connectivity index is 2.50. The van der Waals surface area contributed by atoms with Gasteiger partial charge in [0.1, 0.15) is 0 Å². The van der Waals surface area contributed by atoms with Crippen molar-refractivity contribution >= 4 is 11.9 Å². The van der Waals surface area contributed by atoms with Crippen LogP contribution >= 0.6 is 0 Å². The van der Waals surface area contributed by atoms with Crippen molar-refractivity contribution in [1.29, 1.82) is 0 Å². The molecule has 1 aromatic rings. The number of aliphatic carboxylic acids is 2. The van der Waals surface area contributed by atoms with Crippen molar-refractivity contribution in [2.45, 2.75) is 5.92 Å². The summed E-state index contributed by atoms with van der Waals surface area (Å²) in [5, 5.41) is 20.8. The van der Waals surface area contributed by atoms with Crippen LogP contribution in [-0.4, -0.2) is 27.1 Å². The summed E-state index contributed by atoms with van der Waals surface area (Å²) in [4.78, 5) is 26.3. The highest BCUT2D eigenvalue weighted by atomic mass is 16.4. The number of aromatic nitrogens is 1. The van der Waals surface area contributed by atoms with E-state index in [2.05, 4.69) is 10.3 Å². The second kappa shape index (κ2) is 4.70. The van der Waals surface area contributed by atoms with E-state index < -0.39 is 17.9 Å². The van der Waals surface area contributed by atoms with Gasteiger partial charge in [0.05, 0.1) is 22.8 Å². The first-order valence-electron chi connectivity index (χ1n) is 5.15. The van der Waals surface area contributed by atoms with Gasteiger partial charge in [-0.25, -0.2) is 9.59 Å². The van der Waals surface area contributed by atoms with Crippen molar-refractivity contribution in [2.24, 2.45) is 0 Å². The fourth-order valence-electron chi connectivity index (χ4n) is 1.79. The van der Waals surface area contributed by atoms with Crippen molar-refractivity contribution in [2.75, 3.05) is 0 Å². The van der Waals surface area contributed by atoms with Crippen LogP contribution in [0.25, 0.3) is 0 Å². The number of pyridine rings is 1. The molecule has 0 atom stereocenters. The highest BCUT2D eigenvalue weighted by Gasteiger charge is 2.32. The van der Waals surface area contributed by atoms with Gasteiger partial charge in [0, 0.05) is 18.6 Å². The molecule has 0 saturated heterocycles. The molecular formula is C12H10N2O4. The number of nitrogens with zero attached hydrogens (tertiary/aromatic N) is 1. The second-order valence-corrected chi connectivity index (χ2v) is 3.66. The lowest BCUT2D eigenvalue weighted by Crippen LogP contribution is -2.25. The highest BCUT2D eigenvalue weighted by Crippen LogP contribution is 2.32. The maximum absolute atomic E-state index is 11.2. The summed E-state index contributed by atoms with van der Waals surface area (Å²) in [5.74, 6) is -3.22. The van der Waals surface area contributed by atoms with Crippen molar-refractivity contribution in [3.05, 3.63) is 53.6 Å². The first kappa shape index (κ1) is 11.8. The molecule has 3 N–H and O–H groups in total. The van der Waals surface area contributed by atoms with Gasteiger partial charge in [0.15, 0.2) is 0 Å². The van der Waals surface area contributed by atoms with E-state index in [1.807, 2.05) is 0 Å². The standard InChI is InChI=1S/C12H10N2O4/c15-11(16)7-5-13-6-8(12(17)18)10(7)9-3-1-2-4-14-9/h1-6,10,13H,(H,15,16)(H,17,18). The average Bonchev–Trinajstić information content (AvgIpc) is 2.38. The maximum atomic E-state index is 11.2. The largest absolute Gasteiger partial charge is 0.478 e. The molecule has 1 aromatic heterocycles. The zero-order valence-corrected chi connectivity index (χ0v) is 9.20.